The van der Waals surface area contributed by atoms with E-state index in [9.17, 15) is 5.11 Å². The van der Waals surface area contributed by atoms with E-state index < -0.39 is 0 Å². The highest BCUT2D eigenvalue weighted by Gasteiger charge is 2.03. The Hall–Kier alpha value is -0.0800. The van der Waals surface area contributed by atoms with Crippen LogP contribution >= 0.6 is 0 Å². The fourth-order valence-corrected chi connectivity index (χ4v) is 2.14. The van der Waals surface area contributed by atoms with Gasteiger partial charge >= 0.3 is 0 Å². The lowest BCUT2D eigenvalue weighted by Crippen LogP contribution is -2.15. The molecule has 1 N–H and O–H groups in total. The molecule has 0 heterocycles. The number of ether oxygens (including phenoxy) is 1. The fraction of sp³-hybridized carbons (Fsp3) is 1.00. The quantitative estimate of drug-likeness (QED) is 0.458. The van der Waals surface area contributed by atoms with Gasteiger partial charge in [0.2, 0.25) is 0 Å². The lowest BCUT2D eigenvalue weighted by atomic mass is 10.1. The van der Waals surface area contributed by atoms with E-state index in [-0.39, 0.29) is 6.10 Å². The van der Waals surface area contributed by atoms with Crippen LogP contribution in [0.15, 0.2) is 0 Å². The number of aliphatic hydroxyl groups is 1. The third kappa shape index (κ3) is 14.0. The van der Waals surface area contributed by atoms with Crippen molar-refractivity contribution < 1.29 is 9.84 Å². The van der Waals surface area contributed by atoms with E-state index in [1.807, 2.05) is 0 Å². The van der Waals surface area contributed by atoms with E-state index in [1.54, 1.807) is 0 Å². The molecule has 0 aromatic rings. The van der Waals surface area contributed by atoms with Gasteiger partial charge in [-0.1, -0.05) is 71.6 Å². The van der Waals surface area contributed by atoms with Crippen LogP contribution in [0.4, 0.5) is 0 Å². The fourth-order valence-electron chi connectivity index (χ4n) is 2.14. The first-order chi connectivity index (χ1) is 8.81. The Labute approximate surface area is 114 Å². The average Bonchev–Trinajstić information content (AvgIpc) is 2.37. The molecule has 1 unspecified atom stereocenters. The molecule has 1 atom stereocenters. The summed E-state index contributed by atoms with van der Waals surface area (Å²) in [7, 11) is 0. The van der Waals surface area contributed by atoms with E-state index in [4.69, 9.17) is 4.74 Å². The minimum atomic E-state index is -0.249. The normalized spacial score (nSPS) is 12.8. The van der Waals surface area contributed by atoms with Gasteiger partial charge in [0.15, 0.2) is 0 Å². The minimum Gasteiger partial charge on any atom is -0.391 e. The maximum atomic E-state index is 9.65. The molecule has 2 nitrogen and oxygen atoms in total. The number of rotatable bonds is 14. The van der Waals surface area contributed by atoms with Crippen LogP contribution in [0.5, 0.6) is 0 Å². The summed E-state index contributed by atoms with van der Waals surface area (Å²) in [4.78, 5) is 0. The number of hydrogen-bond acceptors (Lipinski definition) is 2. The molecule has 0 rings (SSSR count). The predicted molar refractivity (Wildman–Crippen MR) is 79.0 cm³/mol. The van der Waals surface area contributed by atoms with E-state index in [2.05, 4.69) is 13.8 Å². The van der Waals surface area contributed by atoms with E-state index in [1.165, 1.54) is 51.4 Å². The van der Waals surface area contributed by atoms with Gasteiger partial charge in [0.25, 0.3) is 0 Å². The van der Waals surface area contributed by atoms with E-state index in [0.29, 0.717) is 6.61 Å². The highest BCUT2D eigenvalue weighted by atomic mass is 16.5. The summed E-state index contributed by atoms with van der Waals surface area (Å²) < 4.78 is 5.33. The van der Waals surface area contributed by atoms with Crippen molar-refractivity contribution in [1.82, 2.24) is 0 Å². The van der Waals surface area contributed by atoms with Gasteiger partial charge < -0.3 is 9.84 Å². The molecule has 0 aliphatic rings. The smallest absolute Gasteiger partial charge is 0.0773 e. The van der Waals surface area contributed by atoms with Crippen LogP contribution in [0, 0.1) is 0 Å². The zero-order chi connectivity index (χ0) is 13.5. The number of hydrogen-bond donors (Lipinski definition) is 1. The summed E-state index contributed by atoms with van der Waals surface area (Å²) in [5.74, 6) is 0. The molecule has 0 aliphatic carbocycles. The zero-order valence-corrected chi connectivity index (χ0v) is 12.6. The lowest BCUT2D eigenvalue weighted by Gasteiger charge is -2.10. The van der Waals surface area contributed by atoms with Crippen LogP contribution in [-0.4, -0.2) is 24.4 Å². The Kier molecular flexibility index (Phi) is 14.9. The van der Waals surface area contributed by atoms with Crippen LogP contribution in [0.2, 0.25) is 0 Å². The molecular weight excluding hydrogens is 224 g/mol. The highest BCUT2D eigenvalue weighted by Crippen LogP contribution is 2.11. The van der Waals surface area contributed by atoms with Gasteiger partial charge in [-0.05, 0) is 12.8 Å². The first-order valence-corrected chi connectivity index (χ1v) is 8.07. The Balaban J connectivity index is 3.05. The molecule has 0 spiro atoms. The monoisotopic (exact) mass is 258 g/mol. The molecule has 0 aromatic heterocycles. The first kappa shape index (κ1) is 17.9. The van der Waals surface area contributed by atoms with Gasteiger partial charge in [-0.2, -0.15) is 0 Å². The molecule has 0 amide bonds. The molecule has 18 heavy (non-hydrogen) atoms. The van der Waals surface area contributed by atoms with Crippen LogP contribution in [0.3, 0.4) is 0 Å². The number of unbranched alkanes of at least 4 members (excludes halogenated alkanes) is 8. The molecule has 110 valence electrons. The number of aliphatic hydroxyl groups excluding tert-OH is 1. The molecule has 2 heteroatoms. The third-order valence-corrected chi connectivity index (χ3v) is 3.30. The third-order valence-electron chi connectivity index (χ3n) is 3.30. The topological polar surface area (TPSA) is 29.5 Å². The predicted octanol–water partition coefficient (Wildman–Crippen LogP) is 4.69. The first-order valence-electron chi connectivity index (χ1n) is 8.07. The standard InChI is InChI=1S/C16H34O2/c1-3-5-6-7-8-9-10-11-12-13-16(17)15-18-14-4-2/h16-17H,3-15H2,1-2H3. The molecule has 0 aromatic carbocycles. The van der Waals surface area contributed by atoms with Crippen molar-refractivity contribution in [2.75, 3.05) is 13.2 Å². The van der Waals surface area contributed by atoms with Gasteiger partial charge in [-0.25, -0.2) is 0 Å². The highest BCUT2D eigenvalue weighted by molar-refractivity contribution is 4.55. The summed E-state index contributed by atoms with van der Waals surface area (Å²) >= 11 is 0. The molecule has 0 bridgehead atoms. The Morgan fingerprint density at radius 3 is 1.89 bits per heavy atom. The maximum Gasteiger partial charge on any atom is 0.0773 e. The Morgan fingerprint density at radius 2 is 1.33 bits per heavy atom. The molecule has 0 radical (unpaired) electrons. The van der Waals surface area contributed by atoms with Gasteiger partial charge in [0.1, 0.15) is 0 Å². The largest absolute Gasteiger partial charge is 0.391 e. The van der Waals surface area contributed by atoms with Crippen molar-refractivity contribution >= 4 is 0 Å². The van der Waals surface area contributed by atoms with Crippen LogP contribution < -0.4 is 0 Å². The van der Waals surface area contributed by atoms with Gasteiger partial charge in [-0.3, -0.25) is 0 Å². The van der Waals surface area contributed by atoms with Crippen molar-refractivity contribution in [3.05, 3.63) is 0 Å². The van der Waals surface area contributed by atoms with Crippen molar-refractivity contribution in [3.63, 3.8) is 0 Å². The lowest BCUT2D eigenvalue weighted by molar-refractivity contribution is 0.0316. The maximum absolute atomic E-state index is 9.65. The zero-order valence-electron chi connectivity index (χ0n) is 12.6. The average molecular weight is 258 g/mol. The summed E-state index contributed by atoms with van der Waals surface area (Å²) in [6, 6.07) is 0. The Bertz CT molecular complexity index is 148. The van der Waals surface area contributed by atoms with Gasteiger partial charge in [-0.15, -0.1) is 0 Å². The molecule has 0 saturated carbocycles. The van der Waals surface area contributed by atoms with Crippen molar-refractivity contribution in [3.8, 4) is 0 Å². The van der Waals surface area contributed by atoms with E-state index >= 15 is 0 Å². The summed E-state index contributed by atoms with van der Waals surface area (Å²) in [5.41, 5.74) is 0. The molecule has 0 fully saturated rings. The van der Waals surface area contributed by atoms with Crippen molar-refractivity contribution in [2.45, 2.75) is 90.6 Å². The van der Waals surface area contributed by atoms with Crippen LogP contribution in [0.25, 0.3) is 0 Å². The second kappa shape index (κ2) is 15.0. The SMILES string of the molecule is CCCCCCCCCCCC(O)COCCC. The van der Waals surface area contributed by atoms with E-state index in [0.717, 1.165) is 25.9 Å². The van der Waals surface area contributed by atoms with Gasteiger partial charge in [0, 0.05) is 6.61 Å². The summed E-state index contributed by atoms with van der Waals surface area (Å²) in [5, 5.41) is 9.65. The Morgan fingerprint density at radius 1 is 0.778 bits per heavy atom. The summed E-state index contributed by atoms with van der Waals surface area (Å²) in [6.07, 6.45) is 13.7. The minimum absolute atomic E-state index is 0.249. The van der Waals surface area contributed by atoms with Gasteiger partial charge in [0.05, 0.1) is 12.7 Å². The van der Waals surface area contributed by atoms with Crippen LogP contribution in [0.1, 0.15) is 84.5 Å². The summed E-state index contributed by atoms with van der Waals surface area (Å²) in [6.45, 7) is 5.64. The molecule has 0 aliphatic heterocycles. The van der Waals surface area contributed by atoms with Crippen LogP contribution in [-0.2, 0) is 4.74 Å². The second-order valence-corrected chi connectivity index (χ2v) is 5.35. The van der Waals surface area contributed by atoms with Crippen molar-refractivity contribution in [2.24, 2.45) is 0 Å². The van der Waals surface area contributed by atoms with Crippen molar-refractivity contribution in [1.29, 1.82) is 0 Å². The molecular formula is C16H34O2. The second-order valence-electron chi connectivity index (χ2n) is 5.35. The molecule has 0 saturated heterocycles.